The summed E-state index contributed by atoms with van der Waals surface area (Å²) in [7, 11) is 1.79. The molecular weight excluding hydrogens is 260 g/mol. The summed E-state index contributed by atoms with van der Waals surface area (Å²) in [5, 5.41) is 7.72. The van der Waals surface area contributed by atoms with Gasteiger partial charge in [0.1, 0.15) is 5.69 Å². The third-order valence-electron chi connectivity index (χ3n) is 1.96. The molecule has 2 aromatic rings. The molecule has 0 amide bonds. The van der Waals surface area contributed by atoms with Crippen LogP contribution < -0.4 is 5.56 Å². The molecule has 6 heteroatoms. The molecule has 0 saturated carbocycles. The minimum absolute atomic E-state index is 0.0665. The predicted molar refractivity (Wildman–Crippen MR) is 58.5 cm³/mol. The van der Waals surface area contributed by atoms with E-state index in [1.54, 1.807) is 34.8 Å². The van der Waals surface area contributed by atoms with Crippen LogP contribution in [-0.4, -0.2) is 19.6 Å². The molecule has 5 nitrogen and oxygen atoms in total. The van der Waals surface area contributed by atoms with Crippen molar-refractivity contribution in [2.45, 2.75) is 6.54 Å². The third-order valence-corrected chi connectivity index (χ3v) is 2.56. The smallest absolute Gasteiger partial charge is 0.265 e. The van der Waals surface area contributed by atoms with Gasteiger partial charge in [-0.3, -0.25) is 9.48 Å². The Morgan fingerprint density at radius 3 is 3.00 bits per heavy atom. The number of hydrogen-bond donors (Lipinski definition) is 0. The summed E-state index contributed by atoms with van der Waals surface area (Å²) >= 11 is 3.19. The molecule has 15 heavy (non-hydrogen) atoms. The van der Waals surface area contributed by atoms with Gasteiger partial charge >= 0.3 is 0 Å². The first-order chi connectivity index (χ1) is 7.16. The lowest BCUT2D eigenvalue weighted by molar-refractivity contribution is 0.704. The van der Waals surface area contributed by atoms with Crippen LogP contribution in [0.4, 0.5) is 0 Å². The summed E-state index contributed by atoms with van der Waals surface area (Å²) < 4.78 is 3.74. The summed E-state index contributed by atoms with van der Waals surface area (Å²) in [4.78, 5) is 11.6. The molecule has 0 bridgehead atoms. The van der Waals surface area contributed by atoms with Gasteiger partial charge in [0.25, 0.3) is 5.56 Å². The maximum atomic E-state index is 11.6. The van der Waals surface area contributed by atoms with Crippen molar-refractivity contribution in [3.8, 4) is 0 Å². The molecule has 0 aromatic carbocycles. The Kier molecular flexibility index (Phi) is 2.68. The Morgan fingerprint density at radius 2 is 2.33 bits per heavy atom. The fourth-order valence-corrected chi connectivity index (χ4v) is 1.65. The SMILES string of the molecule is Cn1cc(Cn2cccc(Br)c2=O)nn1. The molecule has 0 aliphatic rings. The van der Waals surface area contributed by atoms with Gasteiger partial charge < -0.3 is 4.57 Å². The average Bonchev–Trinajstić information content (AvgIpc) is 2.59. The topological polar surface area (TPSA) is 52.7 Å². The van der Waals surface area contributed by atoms with Gasteiger partial charge in [-0.05, 0) is 28.1 Å². The van der Waals surface area contributed by atoms with E-state index in [1.165, 1.54) is 0 Å². The zero-order chi connectivity index (χ0) is 10.8. The van der Waals surface area contributed by atoms with Crippen molar-refractivity contribution >= 4 is 15.9 Å². The highest BCUT2D eigenvalue weighted by molar-refractivity contribution is 9.10. The lowest BCUT2D eigenvalue weighted by Gasteiger charge is -2.01. The average molecular weight is 269 g/mol. The van der Waals surface area contributed by atoms with Crippen LogP contribution in [0.3, 0.4) is 0 Å². The van der Waals surface area contributed by atoms with Crippen LogP contribution in [0.15, 0.2) is 33.8 Å². The molecule has 0 radical (unpaired) electrons. The van der Waals surface area contributed by atoms with Gasteiger partial charge in [0, 0.05) is 19.4 Å². The number of pyridine rings is 1. The summed E-state index contributed by atoms with van der Waals surface area (Å²) in [5.41, 5.74) is 0.695. The molecule has 0 saturated heterocycles. The van der Waals surface area contributed by atoms with Gasteiger partial charge in [0.2, 0.25) is 0 Å². The number of aryl methyl sites for hydroxylation is 1. The van der Waals surface area contributed by atoms with Crippen molar-refractivity contribution in [1.82, 2.24) is 19.6 Å². The Hall–Kier alpha value is -1.43. The minimum atomic E-state index is -0.0665. The number of rotatable bonds is 2. The molecule has 0 unspecified atom stereocenters. The van der Waals surface area contributed by atoms with Crippen molar-refractivity contribution in [2.24, 2.45) is 7.05 Å². The van der Waals surface area contributed by atoms with Crippen molar-refractivity contribution in [1.29, 1.82) is 0 Å². The molecule has 2 aromatic heterocycles. The van der Waals surface area contributed by atoms with E-state index in [1.807, 2.05) is 6.07 Å². The van der Waals surface area contributed by atoms with E-state index in [-0.39, 0.29) is 5.56 Å². The van der Waals surface area contributed by atoms with Gasteiger partial charge in [-0.25, -0.2) is 0 Å². The van der Waals surface area contributed by atoms with Gasteiger partial charge in [-0.15, -0.1) is 5.10 Å². The molecule has 0 fully saturated rings. The van der Waals surface area contributed by atoms with Crippen LogP contribution in [0.1, 0.15) is 5.69 Å². The first-order valence-corrected chi connectivity index (χ1v) is 5.16. The second kappa shape index (κ2) is 3.98. The molecule has 0 spiro atoms. The van der Waals surface area contributed by atoms with E-state index in [0.29, 0.717) is 11.0 Å². The summed E-state index contributed by atoms with van der Waals surface area (Å²) in [6.07, 6.45) is 3.51. The molecule has 0 aliphatic heterocycles. The molecule has 78 valence electrons. The summed E-state index contributed by atoms with van der Waals surface area (Å²) in [6, 6.07) is 3.53. The maximum absolute atomic E-state index is 11.6. The monoisotopic (exact) mass is 268 g/mol. The fraction of sp³-hybridized carbons (Fsp3) is 0.222. The Bertz CT molecular complexity index is 531. The number of aromatic nitrogens is 4. The molecule has 0 aliphatic carbocycles. The van der Waals surface area contributed by atoms with Crippen LogP contribution in [-0.2, 0) is 13.6 Å². The van der Waals surface area contributed by atoms with E-state index in [0.717, 1.165) is 5.69 Å². The molecule has 2 heterocycles. The van der Waals surface area contributed by atoms with Crippen molar-refractivity contribution in [3.05, 3.63) is 45.0 Å². The van der Waals surface area contributed by atoms with E-state index in [9.17, 15) is 4.79 Å². The first kappa shape index (κ1) is 10.1. The van der Waals surface area contributed by atoms with Crippen molar-refractivity contribution < 1.29 is 0 Å². The highest BCUT2D eigenvalue weighted by Gasteiger charge is 2.03. The fourth-order valence-electron chi connectivity index (χ4n) is 1.27. The van der Waals surface area contributed by atoms with Crippen molar-refractivity contribution in [3.63, 3.8) is 0 Å². The summed E-state index contributed by atoms with van der Waals surface area (Å²) in [6.45, 7) is 0.437. The second-order valence-electron chi connectivity index (χ2n) is 3.17. The van der Waals surface area contributed by atoms with Gasteiger partial charge in [0.05, 0.1) is 11.0 Å². The quantitative estimate of drug-likeness (QED) is 0.809. The standard InChI is InChI=1S/C9H9BrN4O/c1-13-5-7(11-12-13)6-14-4-2-3-8(10)9(14)15/h2-5H,6H2,1H3. The zero-order valence-corrected chi connectivity index (χ0v) is 9.68. The Balaban J connectivity index is 2.32. The van der Waals surface area contributed by atoms with E-state index < -0.39 is 0 Å². The van der Waals surface area contributed by atoms with Crippen LogP contribution in [0.2, 0.25) is 0 Å². The van der Waals surface area contributed by atoms with E-state index >= 15 is 0 Å². The highest BCUT2D eigenvalue weighted by Crippen LogP contribution is 2.02. The van der Waals surface area contributed by atoms with Crippen LogP contribution in [0.25, 0.3) is 0 Å². The molecule has 0 atom stereocenters. The largest absolute Gasteiger partial charge is 0.308 e. The maximum Gasteiger partial charge on any atom is 0.265 e. The zero-order valence-electron chi connectivity index (χ0n) is 8.09. The second-order valence-corrected chi connectivity index (χ2v) is 4.03. The van der Waals surface area contributed by atoms with Gasteiger partial charge in [-0.2, -0.15) is 0 Å². The molecular formula is C9H9BrN4O. The Labute approximate surface area is 94.5 Å². The lowest BCUT2D eigenvalue weighted by atomic mass is 10.4. The number of nitrogens with zero attached hydrogens (tertiary/aromatic N) is 4. The molecule has 2 rings (SSSR count). The van der Waals surface area contributed by atoms with Crippen LogP contribution >= 0.6 is 15.9 Å². The molecule has 0 N–H and O–H groups in total. The van der Waals surface area contributed by atoms with Gasteiger partial charge in [-0.1, -0.05) is 5.21 Å². The predicted octanol–water partition coefficient (Wildman–Crippen LogP) is 0.788. The Morgan fingerprint density at radius 1 is 1.53 bits per heavy atom. The highest BCUT2D eigenvalue weighted by atomic mass is 79.9. The number of hydrogen-bond acceptors (Lipinski definition) is 3. The van der Waals surface area contributed by atoms with Crippen molar-refractivity contribution in [2.75, 3.05) is 0 Å². The number of halogens is 1. The van der Waals surface area contributed by atoms with E-state index in [2.05, 4.69) is 26.2 Å². The summed E-state index contributed by atoms with van der Waals surface area (Å²) in [5.74, 6) is 0. The van der Waals surface area contributed by atoms with Crippen LogP contribution in [0.5, 0.6) is 0 Å². The normalized spacial score (nSPS) is 10.5. The minimum Gasteiger partial charge on any atom is -0.308 e. The van der Waals surface area contributed by atoms with E-state index in [4.69, 9.17) is 0 Å². The first-order valence-electron chi connectivity index (χ1n) is 4.37. The lowest BCUT2D eigenvalue weighted by Crippen LogP contribution is -2.20. The van der Waals surface area contributed by atoms with Crippen LogP contribution in [0, 0.1) is 0 Å². The third kappa shape index (κ3) is 2.15. The van der Waals surface area contributed by atoms with Gasteiger partial charge in [0.15, 0.2) is 0 Å².